The lowest BCUT2D eigenvalue weighted by Crippen LogP contribution is -2.23. The van der Waals surface area contributed by atoms with Crippen LogP contribution in [0.2, 0.25) is 0 Å². The number of para-hydroxylation sites is 3. The van der Waals surface area contributed by atoms with Gasteiger partial charge in [-0.15, -0.1) is 0 Å². The number of methoxy groups -OCH3 is 1. The first-order chi connectivity index (χ1) is 15.2. The van der Waals surface area contributed by atoms with Crippen LogP contribution in [0.4, 0.5) is 5.69 Å². The van der Waals surface area contributed by atoms with Crippen LogP contribution in [-0.4, -0.2) is 28.4 Å². The number of hydrogen-bond donors (Lipinski definition) is 3. The lowest BCUT2D eigenvalue weighted by molar-refractivity contribution is 0.411. The van der Waals surface area contributed by atoms with Crippen LogP contribution < -0.4 is 15.5 Å². The number of hydrazone groups is 1. The third-order valence-corrected chi connectivity index (χ3v) is 5.56. The Morgan fingerprint density at radius 3 is 2.74 bits per heavy atom. The van der Waals surface area contributed by atoms with Crippen LogP contribution in [0.3, 0.4) is 0 Å². The molecule has 1 heterocycles. The molecular weight excluding hydrogens is 426 g/mol. The molecule has 0 atom stereocenters. The number of anilines is 1. The van der Waals surface area contributed by atoms with Crippen LogP contribution in [0.25, 0.3) is 11.0 Å². The number of aromatic amines is 1. The number of nitrogens with one attached hydrogen (secondary N) is 3. The Morgan fingerprint density at radius 1 is 1.13 bits per heavy atom. The predicted octanol–water partition coefficient (Wildman–Crippen LogP) is 5.18. The molecule has 6 nitrogen and oxygen atoms in total. The van der Waals surface area contributed by atoms with E-state index in [0.29, 0.717) is 10.9 Å². The summed E-state index contributed by atoms with van der Waals surface area (Å²) in [6, 6.07) is 23.7. The number of hydrogen-bond acceptors (Lipinski definition) is 5. The van der Waals surface area contributed by atoms with Gasteiger partial charge in [0.2, 0.25) is 0 Å². The van der Waals surface area contributed by atoms with Gasteiger partial charge < -0.3 is 15.0 Å². The van der Waals surface area contributed by atoms with Gasteiger partial charge in [0, 0.05) is 17.0 Å². The van der Waals surface area contributed by atoms with Gasteiger partial charge in [-0.2, -0.15) is 5.10 Å². The molecule has 0 saturated carbocycles. The number of aromatic nitrogens is 2. The maximum absolute atomic E-state index is 5.52. The quantitative estimate of drug-likeness (QED) is 0.157. The van der Waals surface area contributed by atoms with Gasteiger partial charge in [0.15, 0.2) is 10.3 Å². The zero-order valence-corrected chi connectivity index (χ0v) is 18.5. The van der Waals surface area contributed by atoms with Crippen LogP contribution in [-0.2, 0) is 5.75 Å². The van der Waals surface area contributed by atoms with Crippen LogP contribution in [0, 0.1) is 0 Å². The third kappa shape index (κ3) is 5.62. The normalized spacial score (nSPS) is 11.0. The number of imidazole rings is 1. The number of rotatable bonds is 7. The van der Waals surface area contributed by atoms with Crippen LogP contribution in [0.15, 0.2) is 83.1 Å². The summed E-state index contributed by atoms with van der Waals surface area (Å²) in [5, 5.41) is 8.62. The van der Waals surface area contributed by atoms with Crippen LogP contribution in [0.5, 0.6) is 5.75 Å². The number of H-pyrrole nitrogens is 1. The largest absolute Gasteiger partial charge is 0.496 e. The fourth-order valence-electron chi connectivity index (χ4n) is 2.98. The fourth-order valence-corrected chi connectivity index (χ4v) is 4.01. The zero-order valence-electron chi connectivity index (χ0n) is 16.8. The van der Waals surface area contributed by atoms with Crippen molar-refractivity contribution in [3.63, 3.8) is 0 Å². The summed E-state index contributed by atoms with van der Waals surface area (Å²) in [5.74, 6) is 1.54. The van der Waals surface area contributed by atoms with Crippen molar-refractivity contribution in [3.05, 3.63) is 83.9 Å². The summed E-state index contributed by atoms with van der Waals surface area (Å²) in [6.45, 7) is 0. The van der Waals surface area contributed by atoms with Crippen LogP contribution >= 0.6 is 24.0 Å². The van der Waals surface area contributed by atoms with E-state index in [0.717, 1.165) is 38.8 Å². The molecule has 3 N–H and O–H groups in total. The molecule has 0 bridgehead atoms. The van der Waals surface area contributed by atoms with E-state index in [2.05, 4.69) is 25.8 Å². The highest BCUT2D eigenvalue weighted by atomic mass is 32.2. The molecule has 156 valence electrons. The summed E-state index contributed by atoms with van der Waals surface area (Å²) < 4.78 is 5.52. The maximum atomic E-state index is 5.52. The third-order valence-electron chi connectivity index (χ3n) is 4.45. The second-order valence-electron chi connectivity index (χ2n) is 6.61. The van der Waals surface area contributed by atoms with Gasteiger partial charge >= 0.3 is 0 Å². The van der Waals surface area contributed by atoms with Gasteiger partial charge in [-0.1, -0.05) is 42.1 Å². The molecule has 0 radical (unpaired) electrons. The van der Waals surface area contributed by atoms with Gasteiger partial charge in [-0.25, -0.2) is 4.98 Å². The second-order valence-corrected chi connectivity index (χ2v) is 7.98. The molecule has 0 unspecified atom stereocenters. The van der Waals surface area contributed by atoms with E-state index in [4.69, 9.17) is 17.0 Å². The van der Waals surface area contributed by atoms with E-state index in [1.807, 2.05) is 72.8 Å². The Balaban J connectivity index is 1.39. The van der Waals surface area contributed by atoms with Crippen molar-refractivity contribution in [3.8, 4) is 5.75 Å². The summed E-state index contributed by atoms with van der Waals surface area (Å²) in [6.07, 6.45) is 1.73. The smallest absolute Gasteiger partial charge is 0.191 e. The number of nitrogens with zero attached hydrogens (tertiary/aromatic N) is 2. The predicted molar refractivity (Wildman–Crippen MR) is 132 cm³/mol. The van der Waals surface area contributed by atoms with Crippen molar-refractivity contribution >= 4 is 52.0 Å². The zero-order chi connectivity index (χ0) is 21.5. The van der Waals surface area contributed by atoms with E-state index >= 15 is 0 Å². The van der Waals surface area contributed by atoms with Gasteiger partial charge in [0.05, 0.1) is 24.4 Å². The Bertz CT molecular complexity index is 1170. The molecule has 8 heteroatoms. The van der Waals surface area contributed by atoms with E-state index in [-0.39, 0.29) is 0 Å². The minimum absolute atomic E-state index is 0.427. The lowest BCUT2D eigenvalue weighted by atomic mass is 10.1. The standard InChI is InChI=1S/C23H21N5OS2/c1-29-21-12-11-16(14-24-28-22(30)25-18-7-3-2-4-8-18)13-17(21)15-31-23-26-19-9-5-6-10-20(19)27-23/h2-14H,15H2,1H3,(H,26,27)(H2,25,28,30). The van der Waals surface area contributed by atoms with Crippen molar-refractivity contribution in [1.29, 1.82) is 0 Å². The number of thiocarbonyl (C=S) groups is 1. The Labute approximate surface area is 190 Å². The van der Waals surface area contributed by atoms with Crippen molar-refractivity contribution in [2.45, 2.75) is 10.9 Å². The van der Waals surface area contributed by atoms with Gasteiger partial charge in [0.1, 0.15) is 5.75 Å². The summed E-state index contributed by atoms with van der Waals surface area (Å²) in [5.41, 5.74) is 7.74. The fraction of sp³-hybridized carbons (Fsp3) is 0.0870. The average molecular weight is 448 g/mol. The molecule has 0 spiro atoms. The van der Waals surface area contributed by atoms with Gasteiger partial charge in [-0.3, -0.25) is 5.43 Å². The molecule has 0 aliphatic heterocycles. The van der Waals surface area contributed by atoms with E-state index < -0.39 is 0 Å². The highest BCUT2D eigenvalue weighted by Crippen LogP contribution is 2.28. The lowest BCUT2D eigenvalue weighted by Gasteiger charge is -2.09. The molecule has 0 fully saturated rings. The molecule has 4 aromatic rings. The Morgan fingerprint density at radius 2 is 1.94 bits per heavy atom. The molecule has 0 aliphatic rings. The summed E-state index contributed by atoms with van der Waals surface area (Å²) >= 11 is 6.90. The minimum atomic E-state index is 0.427. The van der Waals surface area contributed by atoms with Gasteiger partial charge in [-0.05, 0) is 60.2 Å². The molecule has 0 amide bonds. The number of benzene rings is 3. The monoisotopic (exact) mass is 447 g/mol. The van der Waals surface area contributed by atoms with Crippen molar-refractivity contribution in [2.24, 2.45) is 5.10 Å². The molecule has 1 aromatic heterocycles. The second kappa shape index (κ2) is 10.1. The van der Waals surface area contributed by atoms with E-state index in [1.54, 1.807) is 25.1 Å². The minimum Gasteiger partial charge on any atom is -0.496 e. The Hall–Kier alpha value is -3.36. The summed E-state index contributed by atoms with van der Waals surface area (Å²) in [7, 11) is 1.67. The molecule has 0 aliphatic carbocycles. The summed E-state index contributed by atoms with van der Waals surface area (Å²) in [4.78, 5) is 7.96. The number of thioether (sulfide) groups is 1. The van der Waals surface area contributed by atoms with Crippen molar-refractivity contribution in [1.82, 2.24) is 15.4 Å². The van der Waals surface area contributed by atoms with Crippen LogP contribution in [0.1, 0.15) is 11.1 Å². The molecule has 3 aromatic carbocycles. The van der Waals surface area contributed by atoms with E-state index in [1.165, 1.54) is 0 Å². The van der Waals surface area contributed by atoms with Crippen molar-refractivity contribution < 1.29 is 4.74 Å². The SMILES string of the molecule is COc1ccc(C=NNC(=S)Nc2ccccc2)cc1CSc1nc2ccccc2[nH]1. The Kier molecular flexibility index (Phi) is 6.81. The number of ether oxygens (including phenoxy) is 1. The number of fused-ring (bicyclic) bond motifs is 1. The highest BCUT2D eigenvalue weighted by molar-refractivity contribution is 7.98. The maximum Gasteiger partial charge on any atom is 0.191 e. The topological polar surface area (TPSA) is 74.3 Å². The first kappa shape index (κ1) is 20.9. The first-order valence-electron chi connectivity index (χ1n) is 9.61. The highest BCUT2D eigenvalue weighted by Gasteiger charge is 2.08. The van der Waals surface area contributed by atoms with E-state index in [9.17, 15) is 0 Å². The molecule has 31 heavy (non-hydrogen) atoms. The first-order valence-corrected chi connectivity index (χ1v) is 11.0. The molecule has 4 rings (SSSR count). The van der Waals surface area contributed by atoms with Gasteiger partial charge in [0.25, 0.3) is 0 Å². The molecule has 0 saturated heterocycles. The molecular formula is C23H21N5OS2. The average Bonchev–Trinajstić information content (AvgIpc) is 3.21. The van der Waals surface area contributed by atoms with Crippen molar-refractivity contribution in [2.75, 3.05) is 12.4 Å².